The van der Waals surface area contributed by atoms with Crippen molar-refractivity contribution in [1.29, 1.82) is 0 Å². The number of ether oxygens (including phenoxy) is 1. The van der Waals surface area contributed by atoms with Gasteiger partial charge in [-0.05, 0) is 30.2 Å². The van der Waals surface area contributed by atoms with Crippen molar-refractivity contribution in [3.8, 4) is 0 Å². The van der Waals surface area contributed by atoms with Crippen LogP contribution in [0.4, 0.5) is 4.39 Å². The highest BCUT2D eigenvalue weighted by Crippen LogP contribution is 2.18. The summed E-state index contributed by atoms with van der Waals surface area (Å²) in [5, 5.41) is 9.53. The van der Waals surface area contributed by atoms with Gasteiger partial charge in [-0.3, -0.25) is 0 Å². The topological polar surface area (TPSA) is 29.5 Å². The highest BCUT2D eigenvalue weighted by molar-refractivity contribution is 5.28. The molecule has 0 saturated heterocycles. The van der Waals surface area contributed by atoms with Crippen molar-refractivity contribution >= 4 is 0 Å². The Kier molecular flexibility index (Phi) is 3.39. The number of hydrogen-bond acceptors (Lipinski definition) is 2. The van der Waals surface area contributed by atoms with Crippen LogP contribution in [0.5, 0.6) is 0 Å². The minimum Gasteiger partial charge on any atom is -0.386 e. The molecule has 1 aromatic carbocycles. The second kappa shape index (κ2) is 4.35. The molecule has 13 heavy (non-hydrogen) atoms. The fourth-order valence-electron chi connectivity index (χ4n) is 1.22. The molecule has 1 atom stereocenters. The number of methoxy groups -OCH3 is 1. The van der Waals surface area contributed by atoms with E-state index in [0.29, 0.717) is 5.56 Å². The van der Waals surface area contributed by atoms with Crippen LogP contribution >= 0.6 is 0 Å². The Morgan fingerprint density at radius 2 is 2.23 bits per heavy atom. The fraction of sp³-hybridized carbons (Fsp3) is 0.400. The maximum atomic E-state index is 12.8. The molecule has 0 aliphatic rings. The van der Waals surface area contributed by atoms with Gasteiger partial charge in [0.15, 0.2) is 0 Å². The first-order chi connectivity index (χ1) is 6.15. The van der Waals surface area contributed by atoms with E-state index in [-0.39, 0.29) is 12.4 Å². The second-order valence-electron chi connectivity index (χ2n) is 2.97. The van der Waals surface area contributed by atoms with Crippen molar-refractivity contribution in [3.05, 3.63) is 35.1 Å². The number of hydrogen-bond donors (Lipinski definition) is 1. The van der Waals surface area contributed by atoms with Crippen LogP contribution in [0, 0.1) is 12.7 Å². The van der Waals surface area contributed by atoms with Crippen molar-refractivity contribution in [1.82, 2.24) is 0 Å². The molecule has 0 aliphatic heterocycles. The molecule has 0 heterocycles. The molecular weight excluding hydrogens is 171 g/mol. The van der Waals surface area contributed by atoms with Gasteiger partial charge in [0.05, 0.1) is 6.61 Å². The lowest BCUT2D eigenvalue weighted by atomic mass is 10.0. The van der Waals surface area contributed by atoms with Crippen molar-refractivity contribution in [2.45, 2.75) is 13.0 Å². The van der Waals surface area contributed by atoms with E-state index in [1.54, 1.807) is 6.07 Å². The van der Waals surface area contributed by atoms with E-state index in [1.165, 1.54) is 19.2 Å². The average molecular weight is 184 g/mol. The number of rotatable bonds is 3. The van der Waals surface area contributed by atoms with E-state index in [9.17, 15) is 9.50 Å². The Morgan fingerprint density at radius 1 is 1.54 bits per heavy atom. The van der Waals surface area contributed by atoms with Gasteiger partial charge in [-0.1, -0.05) is 6.07 Å². The van der Waals surface area contributed by atoms with Crippen LogP contribution < -0.4 is 0 Å². The molecule has 2 nitrogen and oxygen atoms in total. The molecule has 1 N–H and O–H groups in total. The molecule has 0 aromatic heterocycles. The van der Waals surface area contributed by atoms with Crippen LogP contribution in [0.15, 0.2) is 18.2 Å². The molecule has 0 radical (unpaired) electrons. The molecule has 72 valence electrons. The normalized spacial score (nSPS) is 12.9. The summed E-state index contributed by atoms with van der Waals surface area (Å²) in [7, 11) is 1.50. The smallest absolute Gasteiger partial charge is 0.123 e. The molecule has 1 rings (SSSR count). The summed E-state index contributed by atoms with van der Waals surface area (Å²) in [6, 6.07) is 4.35. The third-order valence-electron chi connectivity index (χ3n) is 1.92. The van der Waals surface area contributed by atoms with Gasteiger partial charge in [-0.15, -0.1) is 0 Å². The lowest BCUT2D eigenvalue weighted by Crippen LogP contribution is -2.07. The highest BCUT2D eigenvalue weighted by Gasteiger charge is 2.10. The fourth-order valence-corrected chi connectivity index (χ4v) is 1.22. The minimum atomic E-state index is -0.749. The van der Waals surface area contributed by atoms with E-state index in [0.717, 1.165) is 5.56 Å². The van der Waals surface area contributed by atoms with Crippen molar-refractivity contribution in [2.75, 3.05) is 13.7 Å². The molecule has 0 fully saturated rings. The molecule has 1 aromatic rings. The Labute approximate surface area is 77.0 Å². The first-order valence-corrected chi connectivity index (χ1v) is 4.08. The summed E-state index contributed by atoms with van der Waals surface area (Å²) in [6.07, 6.45) is -0.749. The Balaban J connectivity index is 2.91. The standard InChI is InChI=1S/C10H13FO2/c1-7-3-4-8(11)5-9(7)10(12)6-13-2/h3-5,10,12H,6H2,1-2H3. The van der Waals surface area contributed by atoms with Gasteiger partial charge in [0.2, 0.25) is 0 Å². The molecule has 0 bridgehead atoms. The van der Waals surface area contributed by atoms with Gasteiger partial charge >= 0.3 is 0 Å². The molecule has 3 heteroatoms. The molecule has 0 aliphatic carbocycles. The monoisotopic (exact) mass is 184 g/mol. The quantitative estimate of drug-likeness (QED) is 0.776. The van der Waals surface area contributed by atoms with E-state index < -0.39 is 6.10 Å². The second-order valence-corrected chi connectivity index (χ2v) is 2.97. The maximum Gasteiger partial charge on any atom is 0.123 e. The minimum absolute atomic E-state index is 0.185. The number of benzene rings is 1. The van der Waals surface area contributed by atoms with Crippen LogP contribution in [0.1, 0.15) is 17.2 Å². The summed E-state index contributed by atoms with van der Waals surface area (Å²) in [6.45, 7) is 2.01. The van der Waals surface area contributed by atoms with E-state index >= 15 is 0 Å². The molecule has 0 spiro atoms. The first kappa shape index (κ1) is 10.2. The number of aryl methyl sites for hydroxylation is 1. The maximum absolute atomic E-state index is 12.8. The summed E-state index contributed by atoms with van der Waals surface area (Å²) < 4.78 is 17.6. The van der Waals surface area contributed by atoms with Crippen LogP contribution in [0.3, 0.4) is 0 Å². The number of aliphatic hydroxyl groups is 1. The Hall–Kier alpha value is -0.930. The Morgan fingerprint density at radius 3 is 2.85 bits per heavy atom. The Bertz CT molecular complexity index is 286. The van der Waals surface area contributed by atoms with Crippen LogP contribution in [0.25, 0.3) is 0 Å². The lowest BCUT2D eigenvalue weighted by molar-refractivity contribution is 0.0638. The van der Waals surface area contributed by atoms with Gasteiger partial charge in [-0.25, -0.2) is 4.39 Å². The van der Waals surface area contributed by atoms with Gasteiger partial charge in [0, 0.05) is 7.11 Å². The molecule has 1 unspecified atom stereocenters. The van der Waals surface area contributed by atoms with Crippen molar-refractivity contribution in [3.63, 3.8) is 0 Å². The van der Waals surface area contributed by atoms with E-state index in [1.807, 2.05) is 6.92 Å². The lowest BCUT2D eigenvalue weighted by Gasteiger charge is -2.12. The average Bonchev–Trinajstić information content (AvgIpc) is 2.09. The number of halogens is 1. The summed E-state index contributed by atoms with van der Waals surface area (Å²) in [4.78, 5) is 0. The van der Waals surface area contributed by atoms with Gasteiger partial charge in [-0.2, -0.15) is 0 Å². The summed E-state index contributed by atoms with van der Waals surface area (Å²) >= 11 is 0. The van der Waals surface area contributed by atoms with Crippen molar-refractivity contribution in [2.24, 2.45) is 0 Å². The first-order valence-electron chi connectivity index (χ1n) is 4.08. The highest BCUT2D eigenvalue weighted by atomic mass is 19.1. The zero-order chi connectivity index (χ0) is 9.84. The van der Waals surface area contributed by atoms with Gasteiger partial charge < -0.3 is 9.84 Å². The zero-order valence-electron chi connectivity index (χ0n) is 7.75. The molecule has 0 amide bonds. The van der Waals surface area contributed by atoms with Crippen LogP contribution in [0.2, 0.25) is 0 Å². The predicted molar refractivity (Wildman–Crippen MR) is 48.0 cm³/mol. The summed E-state index contributed by atoms with van der Waals surface area (Å²) in [5.41, 5.74) is 1.45. The summed E-state index contributed by atoms with van der Waals surface area (Å²) in [5.74, 6) is -0.337. The molecule has 0 saturated carbocycles. The van der Waals surface area contributed by atoms with Gasteiger partial charge in [0.25, 0.3) is 0 Å². The SMILES string of the molecule is COCC(O)c1cc(F)ccc1C. The third-order valence-corrected chi connectivity index (χ3v) is 1.92. The largest absolute Gasteiger partial charge is 0.386 e. The predicted octanol–water partition coefficient (Wildman–Crippen LogP) is 1.81. The van der Waals surface area contributed by atoms with Gasteiger partial charge in [0.1, 0.15) is 11.9 Å². The van der Waals surface area contributed by atoms with E-state index in [2.05, 4.69) is 0 Å². The zero-order valence-corrected chi connectivity index (χ0v) is 7.75. The van der Waals surface area contributed by atoms with Crippen LogP contribution in [-0.2, 0) is 4.74 Å². The third kappa shape index (κ3) is 2.50. The van der Waals surface area contributed by atoms with E-state index in [4.69, 9.17) is 4.74 Å². The van der Waals surface area contributed by atoms with Crippen molar-refractivity contribution < 1.29 is 14.2 Å². The number of aliphatic hydroxyl groups excluding tert-OH is 1. The molecular formula is C10H13FO2. The van der Waals surface area contributed by atoms with Crippen LogP contribution in [-0.4, -0.2) is 18.8 Å².